The number of hydrogen-bond acceptors (Lipinski definition) is 3. The van der Waals surface area contributed by atoms with Crippen LogP contribution in [0.3, 0.4) is 0 Å². The topological polar surface area (TPSA) is 9.72 Å². The smallest absolute Gasteiger partial charge is 0.252 e. The van der Waals surface area contributed by atoms with Crippen molar-refractivity contribution in [3.05, 3.63) is 142 Å². The lowest BCUT2D eigenvalue weighted by Crippen LogP contribution is -2.65. The van der Waals surface area contributed by atoms with Gasteiger partial charge < -0.3 is 14.7 Å². The van der Waals surface area contributed by atoms with E-state index in [0.717, 1.165) is 6.42 Å². The molecule has 4 atom stereocenters. The number of hydrogen-bond donors (Lipinski definition) is 0. The minimum Gasteiger partial charge on any atom is -0.335 e. The van der Waals surface area contributed by atoms with Gasteiger partial charge in [-0.25, -0.2) is 0 Å². The van der Waals surface area contributed by atoms with E-state index < -0.39 is 0 Å². The first-order valence-electron chi connectivity index (χ1n) is 27.1. The van der Waals surface area contributed by atoms with E-state index >= 15 is 0 Å². The molecule has 2 aliphatic carbocycles. The Morgan fingerprint density at radius 1 is 0.471 bits per heavy atom. The Bertz CT molecular complexity index is 3180. The summed E-state index contributed by atoms with van der Waals surface area (Å²) in [5.41, 5.74) is 26.6. The normalized spacial score (nSPS) is 25.3. The van der Waals surface area contributed by atoms with Gasteiger partial charge in [-0.2, -0.15) is 0 Å². The zero-order valence-corrected chi connectivity index (χ0v) is 45.4. The molecule has 0 spiro atoms. The van der Waals surface area contributed by atoms with E-state index in [-0.39, 0.29) is 44.9 Å². The summed E-state index contributed by atoms with van der Waals surface area (Å²) in [6.07, 6.45) is 9.81. The number of rotatable bonds is 3. The van der Waals surface area contributed by atoms with Crippen molar-refractivity contribution in [2.24, 2.45) is 0 Å². The van der Waals surface area contributed by atoms with Gasteiger partial charge in [-0.05, 0) is 161 Å². The van der Waals surface area contributed by atoms with Gasteiger partial charge in [0, 0.05) is 50.5 Å². The highest BCUT2D eigenvalue weighted by Gasteiger charge is 2.63. The van der Waals surface area contributed by atoms with Crippen LogP contribution in [0, 0.1) is 13.8 Å². The summed E-state index contributed by atoms with van der Waals surface area (Å²) in [6.45, 7) is 36.9. The molecule has 2 fully saturated rings. The monoisotopic (exact) mass is 924 g/mol. The second-order valence-corrected chi connectivity index (χ2v) is 27.0. The minimum atomic E-state index is -0.107. The Hall–Kier alpha value is -5.22. The molecule has 0 bridgehead atoms. The first-order chi connectivity index (χ1) is 32.9. The van der Waals surface area contributed by atoms with Crippen LogP contribution in [0.25, 0.3) is 11.1 Å². The van der Waals surface area contributed by atoms with Crippen molar-refractivity contribution in [1.82, 2.24) is 0 Å². The third-order valence-electron chi connectivity index (χ3n) is 19.8. The van der Waals surface area contributed by atoms with Crippen LogP contribution >= 0.6 is 0 Å². The van der Waals surface area contributed by atoms with Crippen molar-refractivity contribution in [2.45, 2.75) is 193 Å². The lowest BCUT2D eigenvalue weighted by Gasteiger charge is -2.54. The van der Waals surface area contributed by atoms with Crippen molar-refractivity contribution < 1.29 is 0 Å². The number of fused-ring (bicyclic) bond motifs is 10. The molecule has 4 heteroatoms. The van der Waals surface area contributed by atoms with E-state index in [4.69, 9.17) is 0 Å². The molecular weight excluding hydrogens is 846 g/mol. The highest BCUT2D eigenvalue weighted by Crippen LogP contribution is 2.65. The Labute approximate surface area is 422 Å². The van der Waals surface area contributed by atoms with Crippen LogP contribution in [0.5, 0.6) is 0 Å². The molecule has 360 valence electrons. The summed E-state index contributed by atoms with van der Waals surface area (Å²) >= 11 is 0. The van der Waals surface area contributed by atoms with Gasteiger partial charge in [0.1, 0.15) is 0 Å². The Kier molecular flexibility index (Phi) is 9.64. The summed E-state index contributed by atoms with van der Waals surface area (Å²) in [6, 6.07) is 41.9. The molecular formula is C66H78BN3. The fourth-order valence-corrected chi connectivity index (χ4v) is 15.5. The van der Waals surface area contributed by atoms with Crippen LogP contribution < -0.4 is 31.1 Å². The highest BCUT2D eigenvalue weighted by molar-refractivity contribution is 7.00. The van der Waals surface area contributed by atoms with Crippen LogP contribution in [0.2, 0.25) is 0 Å². The van der Waals surface area contributed by atoms with Crippen molar-refractivity contribution in [3.8, 4) is 11.1 Å². The van der Waals surface area contributed by atoms with Crippen molar-refractivity contribution in [3.63, 3.8) is 0 Å². The van der Waals surface area contributed by atoms with Crippen molar-refractivity contribution in [1.29, 1.82) is 0 Å². The Balaban J connectivity index is 1.24. The van der Waals surface area contributed by atoms with E-state index in [9.17, 15) is 0 Å². The average molecular weight is 924 g/mol. The SMILES string of the molecule is Cc1cc(C)c2c3c1B1c4ccc(C(C)(C)C)cc4N(c4ccc(C(C)(C)C)cc4-c4ccccc4)c4cc(N5c6ccc(C(C)(C)C)cc6C6(C)CCCCC56C)cc(c41)N3C1(C)CCCCC21C. The van der Waals surface area contributed by atoms with Gasteiger partial charge in [-0.3, -0.25) is 0 Å². The molecule has 0 N–H and O–H groups in total. The van der Waals surface area contributed by atoms with Crippen LogP contribution in [-0.2, 0) is 27.1 Å². The zero-order chi connectivity index (χ0) is 49.5. The lowest BCUT2D eigenvalue weighted by molar-refractivity contribution is 0.193. The maximum absolute atomic E-state index is 2.98. The molecule has 4 unspecified atom stereocenters. The lowest BCUT2D eigenvalue weighted by atomic mass is 9.32. The summed E-state index contributed by atoms with van der Waals surface area (Å²) in [4.78, 5) is 8.62. The molecule has 70 heavy (non-hydrogen) atoms. The van der Waals surface area contributed by atoms with Crippen LogP contribution in [0.4, 0.5) is 39.8 Å². The zero-order valence-electron chi connectivity index (χ0n) is 45.4. The summed E-state index contributed by atoms with van der Waals surface area (Å²) in [5.74, 6) is 0. The van der Waals surface area contributed by atoms with Crippen molar-refractivity contribution >= 4 is 62.9 Å². The van der Waals surface area contributed by atoms with Gasteiger partial charge in [-0.15, -0.1) is 0 Å². The molecule has 3 nitrogen and oxygen atoms in total. The second-order valence-electron chi connectivity index (χ2n) is 27.0. The van der Waals surface area contributed by atoms with E-state index in [1.165, 1.54) is 140 Å². The molecule has 4 aliphatic heterocycles. The maximum atomic E-state index is 2.98. The fraction of sp³-hybridized carbons (Fsp3) is 0.455. The number of benzene rings is 6. The molecule has 6 aromatic rings. The van der Waals surface area contributed by atoms with Gasteiger partial charge in [0.15, 0.2) is 0 Å². The van der Waals surface area contributed by atoms with Crippen LogP contribution in [0.15, 0.2) is 103 Å². The number of aryl methyl sites for hydroxylation is 2. The average Bonchev–Trinajstić information content (AvgIpc) is 3.65. The van der Waals surface area contributed by atoms with Crippen LogP contribution in [-0.4, -0.2) is 17.8 Å². The second kappa shape index (κ2) is 14.7. The third kappa shape index (κ3) is 6.00. The van der Waals surface area contributed by atoms with E-state index in [0.29, 0.717) is 0 Å². The minimum absolute atomic E-state index is 0.00420. The van der Waals surface area contributed by atoms with E-state index in [1.807, 2.05) is 0 Å². The van der Waals surface area contributed by atoms with Gasteiger partial charge in [-0.1, -0.05) is 174 Å². The quantitative estimate of drug-likeness (QED) is 0.164. The largest absolute Gasteiger partial charge is 0.335 e. The first-order valence-corrected chi connectivity index (χ1v) is 27.1. The Morgan fingerprint density at radius 2 is 1.03 bits per heavy atom. The van der Waals surface area contributed by atoms with E-state index in [1.54, 1.807) is 11.1 Å². The predicted octanol–water partition coefficient (Wildman–Crippen LogP) is 16.0. The maximum Gasteiger partial charge on any atom is 0.252 e. The standard InChI is InChI=1S/C66H78BN3/c1-41-35-42(2)57-59-56(41)64(13)32-20-22-34-66(64,15)70(59)55-40-47(69-52-30-27-45(61(6,7)8)37-49(52)63(12)31-19-21-33-65(63,69)14)39-54-58(55)67(57)50-28-25-46(62(9,10)11)38-53(50)68(54)51-29-26-44(60(3,4)5)36-48(51)43-23-17-16-18-24-43/h16-18,23-30,35-40H,19-22,31-34H2,1-15H3. The third-order valence-corrected chi connectivity index (χ3v) is 19.8. The molecule has 0 aromatic heterocycles. The van der Waals surface area contributed by atoms with Crippen molar-refractivity contribution in [2.75, 3.05) is 14.7 Å². The molecule has 12 rings (SSSR count). The molecule has 4 heterocycles. The fourth-order valence-electron chi connectivity index (χ4n) is 15.5. The number of nitrogens with zero attached hydrogens (tertiary/aromatic N) is 3. The predicted molar refractivity (Wildman–Crippen MR) is 302 cm³/mol. The van der Waals surface area contributed by atoms with Gasteiger partial charge in [0.25, 0.3) is 6.71 Å². The van der Waals surface area contributed by atoms with Gasteiger partial charge in [0.05, 0.1) is 16.8 Å². The molecule has 6 aromatic carbocycles. The molecule has 6 aliphatic rings. The van der Waals surface area contributed by atoms with Crippen LogP contribution in [0.1, 0.15) is 180 Å². The summed E-state index contributed by atoms with van der Waals surface area (Å²) in [7, 11) is 0. The van der Waals surface area contributed by atoms with Gasteiger partial charge in [0.2, 0.25) is 0 Å². The molecule has 0 saturated heterocycles. The molecule has 0 amide bonds. The van der Waals surface area contributed by atoms with Gasteiger partial charge >= 0.3 is 0 Å². The molecule has 2 saturated carbocycles. The first kappa shape index (κ1) is 45.9. The highest BCUT2D eigenvalue weighted by atomic mass is 15.3. The molecule has 0 radical (unpaired) electrons. The summed E-state index contributed by atoms with van der Waals surface area (Å²) in [5, 5.41) is 0. The summed E-state index contributed by atoms with van der Waals surface area (Å²) < 4.78 is 0. The Morgan fingerprint density at radius 3 is 1.69 bits per heavy atom. The van der Waals surface area contributed by atoms with E-state index in [2.05, 4.69) is 222 Å². The number of anilines is 7.